The maximum atomic E-state index is 12.7. The SMILES string of the molecule is CC1=CC(=O)C(C(C)C)=C/C1=C(/c1cc(C(C)C)c(OP(=O)([O-])[O-])cc1C)c1ccccc1C(=O)O.[Na+]. The summed E-state index contributed by atoms with van der Waals surface area (Å²) in [7, 11) is -5.30. The van der Waals surface area contributed by atoms with Crippen molar-refractivity contribution in [3.8, 4) is 5.75 Å². The number of allylic oxidation sites excluding steroid dienone is 5. The number of hydrogen-bond acceptors (Lipinski definition) is 6. The van der Waals surface area contributed by atoms with Gasteiger partial charge in [-0.2, -0.15) is 0 Å². The van der Waals surface area contributed by atoms with Gasteiger partial charge in [-0.15, -0.1) is 0 Å². The Bertz CT molecular complexity index is 1380. The second-order valence-corrected chi connectivity index (χ2v) is 10.6. The van der Waals surface area contributed by atoms with Crippen molar-refractivity contribution in [1.82, 2.24) is 0 Å². The molecule has 1 aliphatic rings. The molecule has 0 fully saturated rings. The van der Waals surface area contributed by atoms with Gasteiger partial charge in [-0.25, -0.2) is 4.79 Å². The fourth-order valence-corrected chi connectivity index (χ4v) is 4.76. The molecule has 0 saturated heterocycles. The number of benzene rings is 2. The molecule has 0 radical (unpaired) electrons. The smallest absolute Gasteiger partial charge is 0.780 e. The molecule has 9 heteroatoms. The van der Waals surface area contributed by atoms with Crippen molar-refractivity contribution in [3.63, 3.8) is 0 Å². The summed E-state index contributed by atoms with van der Waals surface area (Å²) in [6.45, 7) is 11.0. The molecule has 7 nitrogen and oxygen atoms in total. The summed E-state index contributed by atoms with van der Waals surface area (Å²) in [6, 6.07) is 9.82. The van der Waals surface area contributed by atoms with Gasteiger partial charge in [0.05, 0.1) is 5.56 Å². The van der Waals surface area contributed by atoms with E-state index < -0.39 is 13.8 Å². The van der Waals surface area contributed by atoms with E-state index in [9.17, 15) is 29.0 Å². The van der Waals surface area contributed by atoms with Crippen LogP contribution in [0.4, 0.5) is 0 Å². The number of carbonyl (C=O) groups is 2. The van der Waals surface area contributed by atoms with Gasteiger partial charge in [0.1, 0.15) is 13.6 Å². The first kappa shape index (κ1) is 31.0. The number of ketones is 1. The molecule has 190 valence electrons. The summed E-state index contributed by atoms with van der Waals surface area (Å²) >= 11 is 0. The molecule has 0 heterocycles. The molecule has 0 atom stereocenters. The average molecular weight is 531 g/mol. The van der Waals surface area contributed by atoms with Crippen LogP contribution < -0.4 is 43.9 Å². The third-order valence-electron chi connectivity index (χ3n) is 6.13. The van der Waals surface area contributed by atoms with Gasteiger partial charge in [0.15, 0.2) is 5.78 Å². The summed E-state index contributed by atoms with van der Waals surface area (Å²) < 4.78 is 16.2. The summed E-state index contributed by atoms with van der Waals surface area (Å²) in [5, 5.41) is 9.96. The summed E-state index contributed by atoms with van der Waals surface area (Å²) in [6.07, 6.45) is 3.36. The average Bonchev–Trinajstić information content (AvgIpc) is 2.75. The Balaban J connectivity index is 0.00000481. The van der Waals surface area contributed by atoms with Crippen LogP contribution in [0, 0.1) is 12.8 Å². The number of aryl methyl sites for hydroxylation is 1. The first-order valence-corrected chi connectivity index (χ1v) is 13.1. The van der Waals surface area contributed by atoms with E-state index in [1.165, 1.54) is 12.1 Å². The zero-order chi connectivity index (χ0) is 26.9. The summed E-state index contributed by atoms with van der Waals surface area (Å²) in [5.74, 6) is -1.52. The number of phosphoric acid groups is 1. The number of aromatic carboxylic acids is 1. The molecule has 0 unspecified atom stereocenters. The zero-order valence-electron chi connectivity index (χ0n) is 22.1. The van der Waals surface area contributed by atoms with Crippen LogP contribution in [0.3, 0.4) is 0 Å². The quantitative estimate of drug-likeness (QED) is 0.427. The van der Waals surface area contributed by atoms with Gasteiger partial charge in [0.25, 0.3) is 0 Å². The predicted octanol–water partition coefficient (Wildman–Crippen LogP) is 1.94. The Hall–Kier alpha value is -2.25. The van der Waals surface area contributed by atoms with Crippen molar-refractivity contribution >= 4 is 25.1 Å². The van der Waals surface area contributed by atoms with Crippen LogP contribution in [0.25, 0.3) is 5.57 Å². The summed E-state index contributed by atoms with van der Waals surface area (Å²) in [5.41, 5.74) is 4.79. The van der Waals surface area contributed by atoms with Crippen molar-refractivity contribution in [1.29, 1.82) is 0 Å². The molecular weight excluding hydrogens is 502 g/mol. The van der Waals surface area contributed by atoms with Gasteiger partial charge in [-0.1, -0.05) is 45.9 Å². The van der Waals surface area contributed by atoms with Crippen LogP contribution in [0.15, 0.2) is 65.3 Å². The molecule has 3 rings (SSSR count). The third kappa shape index (κ3) is 6.99. The van der Waals surface area contributed by atoms with E-state index in [4.69, 9.17) is 4.52 Å². The maximum absolute atomic E-state index is 12.7. The van der Waals surface area contributed by atoms with Crippen molar-refractivity contribution in [2.75, 3.05) is 0 Å². The van der Waals surface area contributed by atoms with E-state index in [0.717, 1.165) is 0 Å². The van der Waals surface area contributed by atoms with Crippen molar-refractivity contribution in [2.45, 2.75) is 47.5 Å². The fourth-order valence-electron chi connectivity index (χ4n) is 4.36. The van der Waals surface area contributed by atoms with Crippen LogP contribution in [0.1, 0.15) is 73.1 Å². The second-order valence-electron chi connectivity index (χ2n) is 9.48. The molecule has 1 N–H and O–H groups in total. The molecule has 37 heavy (non-hydrogen) atoms. The molecule has 0 bridgehead atoms. The van der Waals surface area contributed by atoms with Gasteiger partial charge < -0.3 is 24.0 Å². The Morgan fingerprint density at radius 1 is 0.946 bits per heavy atom. The number of carboxylic acids is 1. The Morgan fingerprint density at radius 3 is 2.05 bits per heavy atom. The monoisotopic (exact) mass is 531 g/mol. The zero-order valence-corrected chi connectivity index (χ0v) is 25.0. The van der Waals surface area contributed by atoms with Gasteiger partial charge in [0, 0.05) is 5.57 Å². The van der Waals surface area contributed by atoms with E-state index >= 15 is 0 Å². The van der Waals surface area contributed by atoms with Crippen molar-refractivity contribution in [2.24, 2.45) is 5.92 Å². The molecule has 0 aromatic heterocycles. The molecule has 0 spiro atoms. The molecular formula is C28H29NaO7P-. The largest absolute Gasteiger partial charge is 1.00 e. The fraction of sp³-hybridized carbons (Fsp3) is 0.286. The Labute approximate surface area is 239 Å². The molecule has 0 saturated carbocycles. The van der Waals surface area contributed by atoms with E-state index in [1.54, 1.807) is 50.3 Å². The van der Waals surface area contributed by atoms with Crippen LogP contribution in [0.2, 0.25) is 0 Å². The van der Waals surface area contributed by atoms with E-state index in [1.807, 2.05) is 27.7 Å². The number of phosphoric ester groups is 1. The van der Waals surface area contributed by atoms with Gasteiger partial charge in [-0.3, -0.25) is 4.79 Å². The normalized spacial score (nSPS) is 15.2. The number of carboxylic acid groups (broad SMARTS) is 1. The van der Waals surface area contributed by atoms with Gasteiger partial charge in [-0.05, 0) is 95.0 Å². The maximum Gasteiger partial charge on any atom is 1.00 e. The van der Waals surface area contributed by atoms with Gasteiger partial charge in [0.2, 0.25) is 0 Å². The second kappa shape index (κ2) is 12.1. The van der Waals surface area contributed by atoms with Crippen LogP contribution in [-0.4, -0.2) is 16.9 Å². The number of rotatable bonds is 7. The van der Waals surface area contributed by atoms with Crippen molar-refractivity contribution in [3.05, 3.63) is 93.1 Å². The van der Waals surface area contributed by atoms with Crippen LogP contribution >= 0.6 is 7.82 Å². The van der Waals surface area contributed by atoms with E-state index in [-0.39, 0.29) is 58.5 Å². The Morgan fingerprint density at radius 2 is 1.54 bits per heavy atom. The summed E-state index contributed by atoms with van der Waals surface area (Å²) in [4.78, 5) is 47.7. The standard InChI is InChI=1S/C28H31O7P.Na/c1-15(2)21-13-23(17(5)11-25(21)29)27(19-9-7-8-10-20(19)28(30)31)24-14-22(16(3)4)26(12-18(24)6)35-36(32,33)34;/h7-16H,1-6H3,(H,30,31)(H2,32,33,34);/q;+1/p-2/b27-23-;. The van der Waals surface area contributed by atoms with E-state index in [2.05, 4.69) is 0 Å². The molecule has 2 aromatic rings. The van der Waals surface area contributed by atoms with Crippen LogP contribution in [0.5, 0.6) is 5.75 Å². The molecule has 0 amide bonds. The molecule has 1 aliphatic carbocycles. The minimum absolute atomic E-state index is 0. The Kier molecular flexibility index (Phi) is 10.1. The first-order valence-electron chi connectivity index (χ1n) is 11.6. The first-order chi connectivity index (χ1) is 16.7. The minimum atomic E-state index is -5.30. The number of hydrogen-bond donors (Lipinski definition) is 1. The topological polar surface area (TPSA) is 127 Å². The van der Waals surface area contributed by atoms with E-state index in [0.29, 0.717) is 44.5 Å². The van der Waals surface area contributed by atoms with Crippen LogP contribution in [-0.2, 0) is 9.36 Å². The minimum Gasteiger partial charge on any atom is -0.780 e. The predicted molar refractivity (Wildman–Crippen MR) is 135 cm³/mol. The van der Waals surface area contributed by atoms with Gasteiger partial charge >= 0.3 is 35.5 Å². The molecule has 0 aliphatic heterocycles. The number of carbonyl (C=O) groups excluding carboxylic acids is 1. The third-order valence-corrected chi connectivity index (χ3v) is 6.55. The van der Waals surface area contributed by atoms with Crippen molar-refractivity contribution < 1.29 is 63.1 Å². The molecule has 2 aromatic carbocycles.